The number of carboxylic acid groups (broad SMARTS) is 1. The van der Waals surface area contributed by atoms with Crippen LogP contribution in [0, 0.1) is 0 Å². The molecule has 4 aliphatic rings. The average molecular weight is 1400 g/mol. The molecule has 0 radical (unpaired) electrons. The normalized spacial score (nSPS) is 32.1. The summed E-state index contributed by atoms with van der Waals surface area (Å²) < 4.78 is 52.9. The first kappa shape index (κ1) is 86.2. The number of nitrogens with one attached hydrogen (secondary N) is 2. The third-order valence-electron chi connectivity index (χ3n) is 18.7. The molecule has 4 rings (SSSR count). The number of carbonyl (C=O) groups is 4. The molecule has 17 N–H and O–H groups in total. The molecule has 2 amide bonds. The fourth-order valence-corrected chi connectivity index (χ4v) is 12.7. The van der Waals surface area contributed by atoms with Gasteiger partial charge in [0.15, 0.2) is 18.9 Å². The zero-order valence-electron chi connectivity index (χ0n) is 57.8. The van der Waals surface area contributed by atoms with E-state index in [-0.39, 0.29) is 18.7 Å². The summed E-state index contributed by atoms with van der Waals surface area (Å²) in [7, 11) is 0. The molecule has 0 aromatic heterocycles. The van der Waals surface area contributed by atoms with Gasteiger partial charge in [-0.25, -0.2) is 4.79 Å². The second kappa shape index (κ2) is 47.1. The lowest BCUT2D eigenvalue weighted by Gasteiger charge is -2.52. The molecule has 4 saturated heterocycles. The molecule has 4 heterocycles. The number of ether oxygens (including phenoxy) is 9. The Labute approximate surface area is 572 Å². The van der Waals surface area contributed by atoms with Gasteiger partial charge in [0.1, 0.15) is 98.1 Å². The number of aliphatic hydroxyl groups excluding tert-OH is 12. The number of hydrogen-bond donors (Lipinski definition) is 16. The van der Waals surface area contributed by atoms with E-state index in [1.807, 2.05) is 6.08 Å². The summed E-state index contributed by atoms with van der Waals surface area (Å²) in [4.78, 5) is 51.5. The van der Waals surface area contributed by atoms with E-state index < -0.39 is 198 Å². The monoisotopic (exact) mass is 1400 g/mol. The molecule has 23 atom stereocenters. The fraction of sp³-hybridized carbons (Fsp3) is 0.912. The first-order valence-electron chi connectivity index (χ1n) is 36.1. The summed E-state index contributed by atoms with van der Waals surface area (Å²) in [5, 5.41) is 151. The van der Waals surface area contributed by atoms with Gasteiger partial charge in [-0.3, -0.25) is 14.4 Å². The van der Waals surface area contributed by atoms with Crippen molar-refractivity contribution in [1.29, 1.82) is 0 Å². The van der Waals surface area contributed by atoms with Crippen LogP contribution in [0.15, 0.2) is 12.2 Å². The van der Waals surface area contributed by atoms with Crippen molar-refractivity contribution in [3.05, 3.63) is 12.2 Å². The third-order valence-corrected chi connectivity index (χ3v) is 18.7. The quantitative estimate of drug-likeness (QED) is 0.0235. The number of esters is 1. The van der Waals surface area contributed by atoms with Crippen molar-refractivity contribution in [3.63, 3.8) is 0 Å². The second-order valence-corrected chi connectivity index (χ2v) is 26.7. The zero-order valence-corrected chi connectivity index (χ0v) is 57.8. The highest BCUT2D eigenvalue weighted by atomic mass is 16.8. The van der Waals surface area contributed by atoms with Crippen molar-refractivity contribution in [2.45, 2.75) is 361 Å². The smallest absolute Gasteiger partial charge is 0.364 e. The molecule has 4 unspecified atom stereocenters. The number of rotatable bonds is 50. The Hall–Kier alpha value is -3.22. The predicted octanol–water partition coefficient (Wildman–Crippen LogP) is 1.92. The van der Waals surface area contributed by atoms with Crippen LogP contribution in [-0.4, -0.2) is 264 Å². The number of hydrogen-bond acceptors (Lipinski definition) is 26. The molecule has 4 aliphatic heterocycles. The predicted molar refractivity (Wildman–Crippen MR) is 350 cm³/mol. The maximum Gasteiger partial charge on any atom is 0.364 e. The van der Waals surface area contributed by atoms with Crippen LogP contribution in [0.1, 0.15) is 220 Å². The zero-order chi connectivity index (χ0) is 71.5. The van der Waals surface area contributed by atoms with Crippen molar-refractivity contribution >= 4 is 23.8 Å². The number of aliphatic hydroxyl groups is 12. The minimum Gasteiger partial charge on any atom is -0.477 e. The third kappa shape index (κ3) is 28.5. The van der Waals surface area contributed by atoms with Crippen LogP contribution in [0.5, 0.6) is 0 Å². The molecule has 0 bridgehead atoms. The summed E-state index contributed by atoms with van der Waals surface area (Å²) in [5.41, 5.74) is 6.21. The van der Waals surface area contributed by atoms with E-state index in [9.17, 15) is 85.6 Å². The van der Waals surface area contributed by atoms with E-state index in [2.05, 4.69) is 24.5 Å². The molecule has 4 fully saturated rings. The Kier molecular flexibility index (Phi) is 41.9. The molecular weight excluding hydrogens is 1270 g/mol. The standard InChI is InChI=1S/C68H123N3O26/c1-5-8-10-12-14-16-18-20-21-23-25-27-29-31-33-35-50(79)71-43(44(76)34-32-30-28-26-24-22-19-17-15-13-11-9-6-2)40-90-65-58(85)57(84)60(48(38-73)92-65)94-66-59(86)63(61(49(39-74)93-66)95-64-53(70-42(4)75)56(83)55(82)47(37-72)91-64)97-68(67(87)88)36-45(77)52(69)62(96-68)54(81)46(78)41-89-51(80)7-3/h32,34,43-49,52-66,72-74,76-78,81-86H,5-31,33,35-41,69H2,1-4H3,(H,70,75)(H,71,79)(H,87,88)/b34-32+/t43?,44?,45-,46?,47+,48+,49+,52-,53+,54?,55-,56+,57+,58+,59+,60+,61-,62-,63+,64-,65+,66-,68-/m0/s1. The summed E-state index contributed by atoms with van der Waals surface area (Å²) in [6, 6.07) is -4.48. The first-order chi connectivity index (χ1) is 46.5. The molecular formula is C68H123N3O26. The summed E-state index contributed by atoms with van der Waals surface area (Å²) in [6.07, 6.45) is -4.16. The molecule has 29 nitrogen and oxygen atoms in total. The summed E-state index contributed by atoms with van der Waals surface area (Å²) >= 11 is 0. The van der Waals surface area contributed by atoms with Gasteiger partial charge in [0, 0.05) is 26.2 Å². The summed E-state index contributed by atoms with van der Waals surface area (Å²) in [5.74, 6) is -7.24. The SMILES string of the molecule is CCCCCCCCCCCCC/C=C/C(O)C(CO[C@@H]1O[C@H](CO)[C@@H](O[C@@H]2O[C@H](CO)[C@H](O[C@@H]3O[C@H](CO)[C@H](O)[C@H](O)[C@H]3NC(C)=O)[C@H](O[C@]3(C(=O)O)C[C@H](O)[C@H](N)[C@@H](C(O)C(O)COC(=O)CC)O3)[C@H]2O)[C@H](O)[C@H]1O)NC(=O)CCCCCCCCCCCCCCCCC. The highest BCUT2D eigenvalue weighted by molar-refractivity contribution is 5.76. The van der Waals surface area contributed by atoms with Crippen LogP contribution in [0.2, 0.25) is 0 Å². The molecule has 0 spiro atoms. The summed E-state index contributed by atoms with van der Waals surface area (Å²) in [6.45, 7) is 2.52. The number of allylic oxidation sites excluding steroid dienone is 1. The van der Waals surface area contributed by atoms with Gasteiger partial charge in [0.05, 0.1) is 50.7 Å². The van der Waals surface area contributed by atoms with Crippen molar-refractivity contribution in [2.24, 2.45) is 5.73 Å². The van der Waals surface area contributed by atoms with Gasteiger partial charge in [0.2, 0.25) is 11.8 Å². The minimum atomic E-state index is -3.23. The van der Waals surface area contributed by atoms with E-state index >= 15 is 0 Å². The van der Waals surface area contributed by atoms with Gasteiger partial charge in [0.25, 0.3) is 5.79 Å². The number of nitrogens with two attached hydrogens (primary N) is 1. The Bertz CT molecular complexity index is 2190. The lowest BCUT2D eigenvalue weighted by Crippen LogP contribution is -2.71. The number of carboxylic acids is 1. The van der Waals surface area contributed by atoms with Crippen LogP contribution in [0.25, 0.3) is 0 Å². The molecule has 0 aromatic carbocycles. The van der Waals surface area contributed by atoms with E-state index in [0.717, 1.165) is 58.3 Å². The lowest BCUT2D eigenvalue weighted by atomic mass is 9.88. The van der Waals surface area contributed by atoms with Crippen molar-refractivity contribution in [3.8, 4) is 0 Å². The Morgan fingerprint density at radius 1 is 0.588 bits per heavy atom. The average Bonchev–Trinajstić information content (AvgIpc) is 0.755. The Balaban J connectivity index is 1.54. The van der Waals surface area contributed by atoms with Crippen LogP contribution in [0.4, 0.5) is 0 Å². The van der Waals surface area contributed by atoms with Gasteiger partial charge in [-0.15, -0.1) is 0 Å². The molecule has 566 valence electrons. The van der Waals surface area contributed by atoms with Gasteiger partial charge < -0.3 is 125 Å². The number of carbonyl (C=O) groups excluding carboxylic acids is 3. The van der Waals surface area contributed by atoms with Crippen molar-refractivity contribution < 1.29 is 128 Å². The molecule has 97 heavy (non-hydrogen) atoms. The molecule has 29 heteroatoms. The molecule has 0 aliphatic carbocycles. The topological polar surface area (TPSA) is 464 Å². The minimum absolute atomic E-state index is 0.126. The number of aliphatic carboxylic acids is 1. The Morgan fingerprint density at radius 3 is 1.60 bits per heavy atom. The first-order valence-corrected chi connectivity index (χ1v) is 36.1. The fourth-order valence-electron chi connectivity index (χ4n) is 12.7. The Morgan fingerprint density at radius 2 is 1.08 bits per heavy atom. The number of unbranched alkanes of at least 4 members (excludes halogenated alkanes) is 25. The van der Waals surface area contributed by atoms with Gasteiger partial charge in [-0.1, -0.05) is 187 Å². The van der Waals surface area contributed by atoms with Crippen LogP contribution >= 0.6 is 0 Å². The van der Waals surface area contributed by atoms with Crippen LogP contribution in [0.3, 0.4) is 0 Å². The van der Waals surface area contributed by atoms with Gasteiger partial charge in [-0.05, 0) is 19.3 Å². The van der Waals surface area contributed by atoms with E-state index in [1.165, 1.54) is 116 Å². The maximum absolute atomic E-state index is 13.6. The highest BCUT2D eigenvalue weighted by Gasteiger charge is 2.61. The maximum atomic E-state index is 13.6. The van der Waals surface area contributed by atoms with Gasteiger partial charge >= 0.3 is 11.9 Å². The van der Waals surface area contributed by atoms with E-state index in [4.69, 9.17) is 48.4 Å². The van der Waals surface area contributed by atoms with Crippen LogP contribution in [-0.2, 0) is 61.8 Å². The van der Waals surface area contributed by atoms with Crippen molar-refractivity contribution in [1.82, 2.24) is 10.6 Å². The largest absolute Gasteiger partial charge is 0.477 e. The van der Waals surface area contributed by atoms with Gasteiger partial charge in [-0.2, -0.15) is 0 Å². The lowest BCUT2D eigenvalue weighted by molar-refractivity contribution is -0.400. The van der Waals surface area contributed by atoms with Crippen molar-refractivity contribution in [2.75, 3.05) is 33.0 Å². The second-order valence-electron chi connectivity index (χ2n) is 26.7. The molecule has 0 aromatic rings. The number of amides is 2. The molecule has 0 saturated carbocycles. The van der Waals surface area contributed by atoms with E-state index in [1.54, 1.807) is 6.08 Å². The van der Waals surface area contributed by atoms with E-state index in [0.29, 0.717) is 12.8 Å². The highest BCUT2D eigenvalue weighted by Crippen LogP contribution is 2.40. The van der Waals surface area contributed by atoms with Crippen LogP contribution < -0.4 is 16.4 Å².